The SMILES string of the molecule is COc1cc2c(cc1OC)C(O)CC2C. The van der Waals surface area contributed by atoms with Gasteiger partial charge in [-0.15, -0.1) is 0 Å². The van der Waals surface area contributed by atoms with Gasteiger partial charge < -0.3 is 14.6 Å². The molecule has 0 heterocycles. The van der Waals surface area contributed by atoms with Gasteiger partial charge in [-0.1, -0.05) is 6.92 Å². The molecule has 0 saturated heterocycles. The Balaban J connectivity index is 2.53. The molecule has 0 amide bonds. The van der Waals surface area contributed by atoms with Crippen molar-refractivity contribution >= 4 is 0 Å². The van der Waals surface area contributed by atoms with E-state index in [1.165, 1.54) is 5.56 Å². The first kappa shape index (κ1) is 10.3. The number of benzene rings is 1. The van der Waals surface area contributed by atoms with E-state index in [0.29, 0.717) is 11.7 Å². The highest BCUT2D eigenvalue weighted by atomic mass is 16.5. The van der Waals surface area contributed by atoms with Gasteiger partial charge in [0.05, 0.1) is 20.3 Å². The van der Waals surface area contributed by atoms with Crippen molar-refractivity contribution in [3.8, 4) is 11.5 Å². The lowest BCUT2D eigenvalue weighted by atomic mass is 10.0. The van der Waals surface area contributed by atoms with Gasteiger partial charge in [0.2, 0.25) is 0 Å². The summed E-state index contributed by atoms with van der Waals surface area (Å²) in [6, 6.07) is 3.84. The molecule has 1 N–H and O–H groups in total. The quantitative estimate of drug-likeness (QED) is 0.810. The van der Waals surface area contributed by atoms with Crippen molar-refractivity contribution in [1.82, 2.24) is 0 Å². The summed E-state index contributed by atoms with van der Waals surface area (Å²) < 4.78 is 10.4. The van der Waals surface area contributed by atoms with Gasteiger partial charge in [0.1, 0.15) is 0 Å². The molecule has 3 heteroatoms. The maximum Gasteiger partial charge on any atom is 0.161 e. The van der Waals surface area contributed by atoms with Crippen molar-refractivity contribution < 1.29 is 14.6 Å². The molecule has 0 bridgehead atoms. The zero-order chi connectivity index (χ0) is 11.0. The minimum absolute atomic E-state index is 0.366. The van der Waals surface area contributed by atoms with E-state index in [9.17, 15) is 5.11 Å². The summed E-state index contributed by atoms with van der Waals surface area (Å²) in [5.74, 6) is 1.80. The van der Waals surface area contributed by atoms with E-state index in [1.807, 2.05) is 12.1 Å². The highest BCUT2D eigenvalue weighted by Gasteiger charge is 2.28. The molecule has 0 spiro atoms. The Morgan fingerprint density at radius 3 is 2.20 bits per heavy atom. The normalized spacial score (nSPS) is 23.7. The molecule has 1 aromatic carbocycles. The molecular formula is C12H16O3. The van der Waals surface area contributed by atoms with Crippen LogP contribution in [-0.2, 0) is 0 Å². The lowest BCUT2D eigenvalue weighted by molar-refractivity contribution is 0.174. The van der Waals surface area contributed by atoms with Gasteiger partial charge in [0.15, 0.2) is 11.5 Å². The van der Waals surface area contributed by atoms with Crippen LogP contribution in [-0.4, -0.2) is 19.3 Å². The third-order valence-electron chi connectivity index (χ3n) is 3.06. The van der Waals surface area contributed by atoms with Crippen LogP contribution in [0.25, 0.3) is 0 Å². The Morgan fingerprint density at radius 2 is 1.67 bits per heavy atom. The standard InChI is InChI=1S/C12H16O3/c1-7-4-10(13)9-6-12(15-3)11(14-2)5-8(7)9/h5-7,10,13H,4H2,1-3H3. The van der Waals surface area contributed by atoms with Gasteiger partial charge in [-0.05, 0) is 35.6 Å². The third kappa shape index (κ3) is 1.57. The molecule has 2 atom stereocenters. The lowest BCUT2D eigenvalue weighted by Crippen LogP contribution is -1.95. The molecule has 3 nitrogen and oxygen atoms in total. The van der Waals surface area contributed by atoms with Gasteiger partial charge in [-0.2, -0.15) is 0 Å². The molecule has 0 saturated carbocycles. The summed E-state index contributed by atoms with van der Waals surface area (Å²) in [7, 11) is 3.23. The van der Waals surface area contributed by atoms with E-state index in [2.05, 4.69) is 6.92 Å². The van der Waals surface area contributed by atoms with Crippen LogP contribution >= 0.6 is 0 Å². The molecule has 2 unspecified atom stereocenters. The van der Waals surface area contributed by atoms with E-state index in [4.69, 9.17) is 9.47 Å². The van der Waals surface area contributed by atoms with Gasteiger partial charge in [0.25, 0.3) is 0 Å². The molecule has 0 fully saturated rings. The van der Waals surface area contributed by atoms with Gasteiger partial charge in [-0.3, -0.25) is 0 Å². The molecule has 1 aliphatic carbocycles. The van der Waals surface area contributed by atoms with Gasteiger partial charge >= 0.3 is 0 Å². The first-order valence-corrected chi connectivity index (χ1v) is 5.11. The molecular weight excluding hydrogens is 192 g/mol. The number of hydrogen-bond acceptors (Lipinski definition) is 3. The maximum atomic E-state index is 9.84. The minimum Gasteiger partial charge on any atom is -0.493 e. The number of ether oxygens (including phenoxy) is 2. The fourth-order valence-corrected chi connectivity index (χ4v) is 2.21. The Bertz CT molecular complexity index is 338. The number of fused-ring (bicyclic) bond motifs is 1. The van der Waals surface area contributed by atoms with E-state index in [0.717, 1.165) is 17.7 Å². The molecule has 0 radical (unpaired) electrons. The Hall–Kier alpha value is -1.22. The van der Waals surface area contributed by atoms with Crippen LogP contribution in [0.2, 0.25) is 0 Å². The zero-order valence-electron chi connectivity index (χ0n) is 9.28. The molecule has 0 aliphatic heterocycles. The Labute approximate surface area is 89.6 Å². The summed E-state index contributed by atoms with van der Waals surface area (Å²) in [6.07, 6.45) is 0.417. The molecule has 0 aromatic heterocycles. The predicted octanol–water partition coefficient (Wildman–Crippen LogP) is 2.24. The fourth-order valence-electron chi connectivity index (χ4n) is 2.21. The first-order valence-electron chi connectivity index (χ1n) is 5.11. The minimum atomic E-state index is -0.366. The third-order valence-corrected chi connectivity index (χ3v) is 3.06. The molecule has 15 heavy (non-hydrogen) atoms. The smallest absolute Gasteiger partial charge is 0.161 e. The summed E-state index contributed by atoms with van der Waals surface area (Å²) in [4.78, 5) is 0. The average Bonchev–Trinajstić information content (AvgIpc) is 2.52. The van der Waals surface area contributed by atoms with E-state index in [1.54, 1.807) is 14.2 Å². The van der Waals surface area contributed by atoms with Crippen LogP contribution in [0, 0.1) is 0 Å². The number of aliphatic hydroxyl groups is 1. The number of rotatable bonds is 2. The van der Waals surface area contributed by atoms with Crippen molar-refractivity contribution in [1.29, 1.82) is 0 Å². The van der Waals surface area contributed by atoms with Gasteiger partial charge in [-0.25, -0.2) is 0 Å². The second-order valence-electron chi connectivity index (χ2n) is 3.99. The van der Waals surface area contributed by atoms with Crippen molar-refractivity contribution in [2.45, 2.75) is 25.4 Å². The van der Waals surface area contributed by atoms with Crippen LogP contribution in [0.1, 0.15) is 36.5 Å². The van der Waals surface area contributed by atoms with Crippen molar-refractivity contribution in [2.24, 2.45) is 0 Å². The monoisotopic (exact) mass is 208 g/mol. The lowest BCUT2D eigenvalue weighted by Gasteiger charge is -2.12. The van der Waals surface area contributed by atoms with Crippen LogP contribution < -0.4 is 9.47 Å². The highest BCUT2D eigenvalue weighted by molar-refractivity contribution is 5.51. The van der Waals surface area contributed by atoms with Crippen molar-refractivity contribution in [3.05, 3.63) is 23.3 Å². The Morgan fingerprint density at radius 1 is 1.13 bits per heavy atom. The van der Waals surface area contributed by atoms with Crippen LogP contribution in [0.4, 0.5) is 0 Å². The topological polar surface area (TPSA) is 38.7 Å². The number of hydrogen-bond donors (Lipinski definition) is 1. The second-order valence-corrected chi connectivity index (χ2v) is 3.99. The van der Waals surface area contributed by atoms with Crippen LogP contribution in [0.15, 0.2) is 12.1 Å². The average molecular weight is 208 g/mol. The van der Waals surface area contributed by atoms with E-state index in [-0.39, 0.29) is 6.10 Å². The molecule has 1 aromatic rings. The highest BCUT2D eigenvalue weighted by Crippen LogP contribution is 2.44. The summed E-state index contributed by atoms with van der Waals surface area (Å²) >= 11 is 0. The second kappa shape index (κ2) is 3.74. The van der Waals surface area contributed by atoms with Crippen molar-refractivity contribution in [2.75, 3.05) is 14.2 Å². The molecule has 2 rings (SSSR count). The van der Waals surface area contributed by atoms with Gasteiger partial charge in [0, 0.05) is 0 Å². The maximum absolute atomic E-state index is 9.84. The van der Waals surface area contributed by atoms with E-state index < -0.39 is 0 Å². The van der Waals surface area contributed by atoms with Crippen molar-refractivity contribution in [3.63, 3.8) is 0 Å². The number of aliphatic hydroxyl groups excluding tert-OH is 1. The summed E-state index contributed by atoms with van der Waals surface area (Å²) in [6.45, 7) is 2.11. The zero-order valence-corrected chi connectivity index (χ0v) is 9.28. The van der Waals surface area contributed by atoms with E-state index >= 15 is 0 Å². The molecule has 82 valence electrons. The predicted molar refractivity (Wildman–Crippen MR) is 57.5 cm³/mol. The van der Waals surface area contributed by atoms with Crippen LogP contribution in [0.5, 0.6) is 11.5 Å². The molecule has 1 aliphatic rings. The summed E-state index contributed by atoms with van der Waals surface area (Å²) in [5.41, 5.74) is 2.14. The Kier molecular flexibility index (Phi) is 2.57. The first-order chi connectivity index (χ1) is 7.17. The fraction of sp³-hybridized carbons (Fsp3) is 0.500. The van der Waals surface area contributed by atoms with Crippen LogP contribution in [0.3, 0.4) is 0 Å². The summed E-state index contributed by atoms with van der Waals surface area (Å²) in [5, 5.41) is 9.84. The number of methoxy groups -OCH3 is 2. The largest absolute Gasteiger partial charge is 0.493 e.